The third-order valence-electron chi connectivity index (χ3n) is 4.52. The third kappa shape index (κ3) is 3.52. The Morgan fingerprint density at radius 2 is 2.12 bits per heavy atom. The zero-order valence-corrected chi connectivity index (χ0v) is 14.2. The first-order valence-corrected chi connectivity index (χ1v) is 8.27. The quantitative estimate of drug-likeness (QED) is 0.901. The summed E-state index contributed by atoms with van der Waals surface area (Å²) in [6.45, 7) is 4.25. The van der Waals surface area contributed by atoms with Gasteiger partial charge in [-0.1, -0.05) is 0 Å². The Labute approximate surface area is 142 Å². The fourth-order valence-corrected chi connectivity index (χ4v) is 3.14. The summed E-state index contributed by atoms with van der Waals surface area (Å²) in [5.41, 5.74) is 4.70. The Hall–Kier alpha value is -2.52. The van der Waals surface area contributed by atoms with E-state index in [0.29, 0.717) is 12.1 Å². The third-order valence-corrected chi connectivity index (χ3v) is 4.52. The number of piperidine rings is 1. The van der Waals surface area contributed by atoms with E-state index in [9.17, 15) is 10.4 Å². The van der Waals surface area contributed by atoms with Crippen molar-refractivity contribution in [2.75, 3.05) is 23.3 Å². The van der Waals surface area contributed by atoms with Gasteiger partial charge in [0.05, 0.1) is 23.0 Å². The van der Waals surface area contributed by atoms with Gasteiger partial charge in [-0.2, -0.15) is 10.4 Å². The van der Waals surface area contributed by atoms with Crippen molar-refractivity contribution in [2.45, 2.75) is 32.4 Å². The second-order valence-electron chi connectivity index (χ2n) is 6.33. The molecule has 0 atom stereocenters. The SMILES string of the molecule is Cc1nn(C)cc1CNc1ccc(N2CCC(O)CC2)c(C#N)c1. The fraction of sp³-hybridized carbons (Fsp3) is 0.444. The van der Waals surface area contributed by atoms with Crippen molar-refractivity contribution in [3.05, 3.63) is 41.2 Å². The molecule has 0 unspecified atom stereocenters. The van der Waals surface area contributed by atoms with E-state index in [-0.39, 0.29) is 6.10 Å². The van der Waals surface area contributed by atoms with Gasteiger partial charge in [0.2, 0.25) is 0 Å². The molecule has 2 aromatic rings. The van der Waals surface area contributed by atoms with Crippen molar-refractivity contribution in [3.8, 4) is 6.07 Å². The lowest BCUT2D eigenvalue weighted by Crippen LogP contribution is -2.36. The number of rotatable bonds is 4. The van der Waals surface area contributed by atoms with E-state index in [1.807, 2.05) is 38.4 Å². The van der Waals surface area contributed by atoms with E-state index in [2.05, 4.69) is 21.4 Å². The molecular weight excluding hydrogens is 302 g/mol. The van der Waals surface area contributed by atoms with Gasteiger partial charge in [-0.3, -0.25) is 4.68 Å². The molecule has 2 heterocycles. The molecule has 0 amide bonds. The molecule has 3 rings (SSSR count). The van der Waals surface area contributed by atoms with Crippen LogP contribution in [-0.2, 0) is 13.6 Å². The highest BCUT2D eigenvalue weighted by atomic mass is 16.3. The summed E-state index contributed by atoms with van der Waals surface area (Å²) in [5.74, 6) is 0. The summed E-state index contributed by atoms with van der Waals surface area (Å²) in [7, 11) is 1.91. The molecule has 1 saturated heterocycles. The molecule has 6 heteroatoms. The molecular formula is C18H23N5O. The number of nitrogens with zero attached hydrogens (tertiary/aromatic N) is 4. The van der Waals surface area contributed by atoms with Gasteiger partial charge in [-0.15, -0.1) is 0 Å². The molecule has 0 spiro atoms. The topological polar surface area (TPSA) is 77.1 Å². The summed E-state index contributed by atoms with van der Waals surface area (Å²) < 4.78 is 1.81. The van der Waals surface area contributed by atoms with Gasteiger partial charge in [0.15, 0.2) is 0 Å². The van der Waals surface area contributed by atoms with Gasteiger partial charge in [0.1, 0.15) is 6.07 Å². The highest BCUT2D eigenvalue weighted by Crippen LogP contribution is 2.27. The number of nitrogens with one attached hydrogen (secondary N) is 1. The highest BCUT2D eigenvalue weighted by Gasteiger charge is 2.19. The van der Waals surface area contributed by atoms with Crippen LogP contribution < -0.4 is 10.2 Å². The fourth-order valence-electron chi connectivity index (χ4n) is 3.14. The molecule has 24 heavy (non-hydrogen) atoms. The number of anilines is 2. The first kappa shape index (κ1) is 16.3. The maximum atomic E-state index is 9.64. The highest BCUT2D eigenvalue weighted by molar-refractivity contribution is 5.65. The number of hydrogen-bond acceptors (Lipinski definition) is 5. The van der Waals surface area contributed by atoms with Crippen LogP contribution in [0.15, 0.2) is 24.4 Å². The van der Waals surface area contributed by atoms with Crippen LogP contribution in [0.25, 0.3) is 0 Å². The van der Waals surface area contributed by atoms with E-state index in [1.165, 1.54) is 0 Å². The van der Waals surface area contributed by atoms with Gasteiger partial charge in [0, 0.05) is 44.1 Å². The van der Waals surface area contributed by atoms with Crippen LogP contribution >= 0.6 is 0 Å². The van der Waals surface area contributed by atoms with Gasteiger partial charge >= 0.3 is 0 Å². The second-order valence-corrected chi connectivity index (χ2v) is 6.33. The average Bonchev–Trinajstić information content (AvgIpc) is 2.91. The number of hydrogen-bond donors (Lipinski definition) is 2. The van der Waals surface area contributed by atoms with Crippen molar-refractivity contribution < 1.29 is 5.11 Å². The summed E-state index contributed by atoms with van der Waals surface area (Å²) in [6.07, 6.45) is 3.30. The summed E-state index contributed by atoms with van der Waals surface area (Å²) in [5, 5.41) is 26.8. The standard InChI is InChI=1S/C18H23N5O/c1-13-15(12-22(2)21-13)11-20-16-3-4-18(14(9-16)10-19)23-7-5-17(24)6-8-23/h3-4,9,12,17,20,24H,5-8,11H2,1-2H3. The van der Waals surface area contributed by atoms with Crippen LogP contribution in [0.3, 0.4) is 0 Å². The summed E-state index contributed by atoms with van der Waals surface area (Å²) in [6, 6.07) is 8.19. The van der Waals surface area contributed by atoms with Crippen molar-refractivity contribution >= 4 is 11.4 Å². The van der Waals surface area contributed by atoms with Gasteiger partial charge in [-0.05, 0) is 38.0 Å². The predicted octanol–water partition coefficient (Wildman–Crippen LogP) is 2.17. The first-order chi connectivity index (χ1) is 11.6. The molecule has 6 nitrogen and oxygen atoms in total. The number of aryl methyl sites for hydroxylation is 2. The largest absolute Gasteiger partial charge is 0.393 e. The average molecular weight is 325 g/mol. The second kappa shape index (κ2) is 6.93. The van der Waals surface area contributed by atoms with Gasteiger partial charge in [0.25, 0.3) is 0 Å². The number of benzene rings is 1. The van der Waals surface area contributed by atoms with E-state index < -0.39 is 0 Å². The Morgan fingerprint density at radius 3 is 2.75 bits per heavy atom. The molecule has 0 aliphatic carbocycles. The summed E-state index contributed by atoms with van der Waals surface area (Å²) >= 11 is 0. The van der Waals surface area contributed by atoms with Crippen molar-refractivity contribution in [1.82, 2.24) is 9.78 Å². The van der Waals surface area contributed by atoms with Crippen molar-refractivity contribution in [2.24, 2.45) is 7.05 Å². The number of nitriles is 1. The molecule has 0 radical (unpaired) electrons. The maximum absolute atomic E-state index is 9.64. The minimum absolute atomic E-state index is 0.213. The van der Waals surface area contributed by atoms with E-state index in [4.69, 9.17) is 0 Å². The zero-order chi connectivity index (χ0) is 17.1. The Morgan fingerprint density at radius 1 is 1.38 bits per heavy atom. The minimum Gasteiger partial charge on any atom is -0.393 e. The Kier molecular flexibility index (Phi) is 4.72. The van der Waals surface area contributed by atoms with Crippen LogP contribution in [-0.4, -0.2) is 34.1 Å². The molecule has 1 fully saturated rings. The van der Waals surface area contributed by atoms with Crippen LogP contribution in [0.1, 0.15) is 29.7 Å². The van der Waals surface area contributed by atoms with Crippen LogP contribution in [0.2, 0.25) is 0 Å². The normalized spacial score (nSPS) is 15.3. The smallest absolute Gasteiger partial charge is 0.101 e. The molecule has 0 saturated carbocycles. The van der Waals surface area contributed by atoms with Crippen LogP contribution in [0.5, 0.6) is 0 Å². The minimum atomic E-state index is -0.213. The molecule has 0 bridgehead atoms. The number of aliphatic hydroxyl groups is 1. The van der Waals surface area contributed by atoms with Crippen LogP contribution in [0.4, 0.5) is 11.4 Å². The number of aromatic nitrogens is 2. The number of aliphatic hydroxyl groups excluding tert-OH is 1. The van der Waals surface area contributed by atoms with E-state index in [1.54, 1.807) is 4.68 Å². The molecule has 126 valence electrons. The Bertz CT molecular complexity index is 753. The Balaban J connectivity index is 1.72. The molecule has 1 aliphatic heterocycles. The van der Waals surface area contributed by atoms with Crippen molar-refractivity contribution in [3.63, 3.8) is 0 Å². The zero-order valence-electron chi connectivity index (χ0n) is 14.2. The van der Waals surface area contributed by atoms with Crippen LogP contribution in [0, 0.1) is 18.3 Å². The summed E-state index contributed by atoms with van der Waals surface area (Å²) in [4.78, 5) is 2.18. The predicted molar refractivity (Wildman–Crippen MR) is 93.9 cm³/mol. The van der Waals surface area contributed by atoms with E-state index in [0.717, 1.165) is 48.6 Å². The molecule has 1 aromatic heterocycles. The van der Waals surface area contributed by atoms with E-state index >= 15 is 0 Å². The van der Waals surface area contributed by atoms with Gasteiger partial charge in [-0.25, -0.2) is 0 Å². The lowest BCUT2D eigenvalue weighted by atomic mass is 10.0. The van der Waals surface area contributed by atoms with Gasteiger partial charge < -0.3 is 15.3 Å². The maximum Gasteiger partial charge on any atom is 0.101 e. The molecule has 1 aromatic carbocycles. The lowest BCUT2D eigenvalue weighted by molar-refractivity contribution is 0.145. The van der Waals surface area contributed by atoms with Crippen molar-refractivity contribution in [1.29, 1.82) is 5.26 Å². The lowest BCUT2D eigenvalue weighted by Gasteiger charge is -2.32. The molecule has 1 aliphatic rings. The first-order valence-electron chi connectivity index (χ1n) is 8.27. The molecule has 2 N–H and O–H groups in total. The monoisotopic (exact) mass is 325 g/mol.